The van der Waals surface area contributed by atoms with Gasteiger partial charge in [-0.25, -0.2) is 22.6 Å². The van der Waals surface area contributed by atoms with Crippen LogP contribution in [0.15, 0.2) is 18.3 Å². The lowest BCUT2D eigenvalue weighted by molar-refractivity contribution is 0.0520. The molecule has 0 saturated heterocycles. The van der Waals surface area contributed by atoms with Crippen LogP contribution in [0, 0.1) is 5.82 Å². The van der Waals surface area contributed by atoms with Crippen molar-refractivity contribution in [3.05, 3.63) is 35.4 Å². The zero-order chi connectivity index (χ0) is 16.3. The van der Waals surface area contributed by atoms with E-state index >= 15 is 0 Å². The Morgan fingerprint density at radius 3 is 2.68 bits per heavy atom. The minimum absolute atomic E-state index is 0.0224. The summed E-state index contributed by atoms with van der Waals surface area (Å²) in [7, 11) is 1.23. The van der Waals surface area contributed by atoms with Gasteiger partial charge in [0.25, 0.3) is 6.43 Å². The minimum atomic E-state index is -2.83. The average molecular weight is 315 g/mol. The molecule has 2 rings (SSSR count). The Morgan fingerprint density at radius 1 is 1.41 bits per heavy atom. The lowest BCUT2D eigenvalue weighted by Gasteiger charge is -2.11. The van der Waals surface area contributed by atoms with E-state index in [1.54, 1.807) is 6.92 Å². The van der Waals surface area contributed by atoms with Gasteiger partial charge < -0.3 is 9.47 Å². The fourth-order valence-electron chi connectivity index (χ4n) is 1.79. The van der Waals surface area contributed by atoms with E-state index in [0.29, 0.717) is 0 Å². The number of ether oxygens (including phenoxy) is 2. The summed E-state index contributed by atoms with van der Waals surface area (Å²) >= 11 is 0. The van der Waals surface area contributed by atoms with Crippen molar-refractivity contribution in [2.75, 3.05) is 13.7 Å². The molecule has 0 aliphatic heterocycles. The monoisotopic (exact) mass is 315 g/mol. The second-order valence-electron chi connectivity index (χ2n) is 4.09. The van der Waals surface area contributed by atoms with Crippen LogP contribution < -0.4 is 4.74 Å². The molecule has 0 unspecified atom stereocenters. The highest BCUT2D eigenvalue weighted by atomic mass is 19.3. The molecule has 0 radical (unpaired) electrons. The highest BCUT2D eigenvalue weighted by Gasteiger charge is 2.24. The largest absolute Gasteiger partial charge is 0.494 e. The number of aromatic nitrogens is 3. The van der Waals surface area contributed by atoms with Crippen molar-refractivity contribution < 1.29 is 27.4 Å². The molecule has 1 heterocycles. The standard InChI is InChI=1S/C13H12F3N3O3/c1-3-22-13(20)10-8(4-5-9(21-2)11(10)14)19-6-7(12(15)16)17-18-19/h4-6,12H,3H2,1-2H3. The first-order valence-corrected chi connectivity index (χ1v) is 6.24. The van der Waals surface area contributed by atoms with Gasteiger partial charge in [-0.05, 0) is 19.1 Å². The number of hydrogen-bond acceptors (Lipinski definition) is 5. The number of halogens is 3. The topological polar surface area (TPSA) is 66.2 Å². The van der Waals surface area contributed by atoms with Crippen molar-refractivity contribution in [1.82, 2.24) is 15.0 Å². The van der Waals surface area contributed by atoms with Crippen molar-refractivity contribution in [3.63, 3.8) is 0 Å². The zero-order valence-corrected chi connectivity index (χ0v) is 11.7. The SMILES string of the molecule is CCOC(=O)c1c(-n2cc(C(F)F)nn2)ccc(OC)c1F. The van der Waals surface area contributed by atoms with E-state index in [0.717, 1.165) is 10.9 Å². The third kappa shape index (κ3) is 2.87. The molecule has 0 amide bonds. The summed E-state index contributed by atoms with van der Waals surface area (Å²) in [5, 5.41) is 6.75. The molecule has 0 N–H and O–H groups in total. The Hall–Kier alpha value is -2.58. The number of alkyl halides is 2. The van der Waals surface area contributed by atoms with Gasteiger partial charge in [0.2, 0.25) is 0 Å². The van der Waals surface area contributed by atoms with Gasteiger partial charge in [0.05, 0.1) is 25.6 Å². The maximum Gasteiger partial charge on any atom is 0.343 e. The number of carbonyl (C=O) groups excluding carboxylic acids is 1. The maximum atomic E-state index is 14.3. The predicted octanol–water partition coefficient (Wildman–Crippen LogP) is 2.53. The van der Waals surface area contributed by atoms with Crippen LogP contribution in [0.25, 0.3) is 5.69 Å². The van der Waals surface area contributed by atoms with Crippen molar-refractivity contribution >= 4 is 5.97 Å². The third-order valence-electron chi connectivity index (χ3n) is 2.77. The van der Waals surface area contributed by atoms with Crippen LogP contribution >= 0.6 is 0 Å². The number of carbonyl (C=O) groups is 1. The van der Waals surface area contributed by atoms with Gasteiger partial charge in [-0.15, -0.1) is 5.10 Å². The normalized spacial score (nSPS) is 10.8. The van der Waals surface area contributed by atoms with Crippen molar-refractivity contribution in [2.45, 2.75) is 13.3 Å². The molecule has 22 heavy (non-hydrogen) atoms. The number of methoxy groups -OCH3 is 1. The smallest absolute Gasteiger partial charge is 0.343 e. The Kier molecular flexibility index (Phi) is 4.64. The molecule has 0 aliphatic carbocycles. The summed E-state index contributed by atoms with van der Waals surface area (Å²) in [6.07, 6.45) is -1.92. The van der Waals surface area contributed by atoms with Crippen LogP contribution in [0.2, 0.25) is 0 Å². The lowest BCUT2D eigenvalue weighted by atomic mass is 10.1. The molecule has 1 aromatic carbocycles. The number of nitrogens with zero attached hydrogens (tertiary/aromatic N) is 3. The summed E-state index contributed by atoms with van der Waals surface area (Å²) in [5.74, 6) is -2.10. The Balaban J connectivity index is 2.58. The van der Waals surface area contributed by atoms with E-state index in [9.17, 15) is 18.0 Å². The van der Waals surface area contributed by atoms with Gasteiger partial charge >= 0.3 is 5.97 Å². The summed E-state index contributed by atoms with van der Waals surface area (Å²) in [4.78, 5) is 11.9. The van der Waals surface area contributed by atoms with E-state index < -0.39 is 29.5 Å². The van der Waals surface area contributed by atoms with Gasteiger partial charge in [0, 0.05) is 0 Å². The summed E-state index contributed by atoms with van der Waals surface area (Å²) in [6, 6.07) is 2.55. The van der Waals surface area contributed by atoms with E-state index in [4.69, 9.17) is 9.47 Å². The molecule has 0 bridgehead atoms. The predicted molar refractivity (Wildman–Crippen MR) is 68.8 cm³/mol. The fourth-order valence-corrected chi connectivity index (χ4v) is 1.79. The highest BCUT2D eigenvalue weighted by molar-refractivity contribution is 5.94. The fraction of sp³-hybridized carbons (Fsp3) is 0.308. The van der Waals surface area contributed by atoms with E-state index in [2.05, 4.69) is 10.3 Å². The maximum absolute atomic E-state index is 14.3. The van der Waals surface area contributed by atoms with Crippen LogP contribution in [-0.2, 0) is 4.74 Å². The molecule has 0 atom stereocenters. The van der Waals surface area contributed by atoms with Gasteiger partial charge in [-0.2, -0.15) is 0 Å². The van der Waals surface area contributed by atoms with E-state index in [1.807, 2.05) is 0 Å². The molecule has 1 aromatic heterocycles. The Morgan fingerprint density at radius 2 is 2.14 bits per heavy atom. The van der Waals surface area contributed by atoms with Crippen LogP contribution in [0.5, 0.6) is 5.75 Å². The first-order chi connectivity index (χ1) is 10.5. The van der Waals surface area contributed by atoms with Crippen LogP contribution in [-0.4, -0.2) is 34.7 Å². The van der Waals surface area contributed by atoms with Crippen molar-refractivity contribution in [2.24, 2.45) is 0 Å². The van der Waals surface area contributed by atoms with Crippen molar-refractivity contribution in [3.8, 4) is 11.4 Å². The van der Waals surface area contributed by atoms with Gasteiger partial charge in [0.1, 0.15) is 11.3 Å². The van der Waals surface area contributed by atoms with Crippen LogP contribution in [0.1, 0.15) is 29.4 Å². The molecule has 2 aromatic rings. The summed E-state index contributed by atoms with van der Waals surface area (Å²) in [5.41, 5.74) is -1.13. The third-order valence-corrected chi connectivity index (χ3v) is 2.77. The molecule has 0 aliphatic rings. The van der Waals surface area contributed by atoms with Gasteiger partial charge in [-0.3, -0.25) is 0 Å². The van der Waals surface area contributed by atoms with Crippen molar-refractivity contribution in [1.29, 1.82) is 0 Å². The zero-order valence-electron chi connectivity index (χ0n) is 11.7. The van der Waals surface area contributed by atoms with Crippen LogP contribution in [0.4, 0.5) is 13.2 Å². The molecule has 6 nitrogen and oxygen atoms in total. The first-order valence-electron chi connectivity index (χ1n) is 6.24. The highest BCUT2D eigenvalue weighted by Crippen LogP contribution is 2.27. The molecule has 118 valence electrons. The van der Waals surface area contributed by atoms with Crippen LogP contribution in [0.3, 0.4) is 0 Å². The second kappa shape index (κ2) is 6.46. The molecular weight excluding hydrogens is 303 g/mol. The Labute approximate surface area is 123 Å². The second-order valence-corrected chi connectivity index (χ2v) is 4.09. The quantitative estimate of drug-likeness (QED) is 0.793. The van der Waals surface area contributed by atoms with E-state index in [-0.39, 0.29) is 18.0 Å². The average Bonchev–Trinajstić information content (AvgIpc) is 2.96. The van der Waals surface area contributed by atoms with Gasteiger partial charge in [0.15, 0.2) is 11.6 Å². The Bertz CT molecular complexity index is 688. The molecule has 9 heteroatoms. The number of rotatable bonds is 5. The molecule has 0 fully saturated rings. The van der Waals surface area contributed by atoms with E-state index in [1.165, 1.54) is 19.2 Å². The lowest BCUT2D eigenvalue weighted by Crippen LogP contribution is -2.13. The number of benzene rings is 1. The molecule has 0 saturated carbocycles. The minimum Gasteiger partial charge on any atom is -0.494 e. The number of hydrogen-bond donors (Lipinski definition) is 0. The summed E-state index contributed by atoms with van der Waals surface area (Å²) in [6.45, 7) is 1.58. The summed E-state index contributed by atoms with van der Waals surface area (Å²) < 4.78 is 49.9. The molecule has 0 spiro atoms. The molecular formula is C13H12F3N3O3. The number of esters is 1. The first kappa shape index (κ1) is 15.8. The van der Waals surface area contributed by atoms with Gasteiger partial charge in [-0.1, -0.05) is 5.21 Å².